The van der Waals surface area contributed by atoms with Crippen molar-refractivity contribution < 1.29 is 9.47 Å². The lowest BCUT2D eigenvalue weighted by atomic mass is 10.1. The Morgan fingerprint density at radius 1 is 1.12 bits per heavy atom. The van der Waals surface area contributed by atoms with Crippen molar-refractivity contribution in [2.45, 2.75) is 6.29 Å². The Hall–Kier alpha value is -2.68. The van der Waals surface area contributed by atoms with Crippen LogP contribution in [0.25, 0.3) is 17.3 Å². The maximum atomic E-state index is 7.28. The average Bonchev–Trinajstić information content (AvgIpc) is 3.24. The van der Waals surface area contributed by atoms with Crippen molar-refractivity contribution in [2.75, 3.05) is 26.1 Å². The summed E-state index contributed by atoms with van der Waals surface area (Å²) in [6.07, 6.45) is 3.86. The lowest BCUT2D eigenvalue weighted by Crippen LogP contribution is -2.22. The first-order valence-corrected chi connectivity index (χ1v) is 10.9. The third-order valence-corrected chi connectivity index (χ3v) is 5.34. The molecule has 172 valence electrons. The number of H-pyrrole nitrogens is 1. The molecule has 0 aliphatic heterocycles. The molecule has 3 rings (SSSR count). The molecule has 0 aliphatic rings. The van der Waals surface area contributed by atoms with Gasteiger partial charge in [0.2, 0.25) is 0 Å². The highest BCUT2D eigenvalue weighted by Crippen LogP contribution is 2.32. The number of rotatable bonds is 9. The standard InChI is InChI=1S/C23H22Cl3N5O2/c1-32-20(33-2)13-28-23(29-16-8-5-14(24)6-9-16)22-21(30-19(31-22)4-3-11-27)17-12-15(25)7-10-18(17)26/h3-12,20,27H,13H2,1-2H3,(H,28,29)(H,30,31)/b4-3-,27-11?. The Labute approximate surface area is 206 Å². The van der Waals surface area contributed by atoms with Crippen LogP contribution < -0.4 is 5.32 Å². The molecular weight excluding hydrogens is 485 g/mol. The Morgan fingerprint density at radius 2 is 1.82 bits per heavy atom. The topological polar surface area (TPSA) is 95.4 Å². The number of anilines is 1. The average molecular weight is 507 g/mol. The molecule has 0 fully saturated rings. The van der Waals surface area contributed by atoms with Crippen molar-refractivity contribution in [2.24, 2.45) is 4.99 Å². The van der Waals surface area contributed by atoms with Crippen LogP contribution in [0.1, 0.15) is 11.5 Å². The molecule has 3 N–H and O–H groups in total. The summed E-state index contributed by atoms with van der Waals surface area (Å²) in [6.45, 7) is 0.219. The minimum absolute atomic E-state index is 0.219. The number of methoxy groups -OCH3 is 2. The highest BCUT2D eigenvalue weighted by Gasteiger charge is 2.20. The molecule has 0 amide bonds. The molecule has 3 aromatic rings. The van der Waals surface area contributed by atoms with Gasteiger partial charge in [-0.2, -0.15) is 0 Å². The van der Waals surface area contributed by atoms with E-state index in [0.29, 0.717) is 43.7 Å². The van der Waals surface area contributed by atoms with E-state index in [1.807, 2.05) is 12.1 Å². The fraction of sp³-hybridized carbons (Fsp3) is 0.174. The number of halogens is 3. The Kier molecular flexibility index (Phi) is 9.05. The summed E-state index contributed by atoms with van der Waals surface area (Å²) in [4.78, 5) is 12.6. The first kappa shape index (κ1) is 25.0. The van der Waals surface area contributed by atoms with Crippen LogP contribution in [0, 0.1) is 5.41 Å². The van der Waals surface area contributed by atoms with E-state index in [-0.39, 0.29) is 6.54 Å². The van der Waals surface area contributed by atoms with Crippen molar-refractivity contribution in [3.63, 3.8) is 0 Å². The highest BCUT2D eigenvalue weighted by atomic mass is 35.5. The zero-order chi connectivity index (χ0) is 23.8. The van der Waals surface area contributed by atoms with Crippen LogP contribution in [0.15, 0.2) is 53.5 Å². The fourth-order valence-corrected chi connectivity index (χ4v) is 3.42. The molecule has 0 saturated carbocycles. The van der Waals surface area contributed by atoms with Crippen LogP contribution in [0.3, 0.4) is 0 Å². The van der Waals surface area contributed by atoms with Crippen molar-refractivity contribution in [3.05, 3.63) is 75.1 Å². The van der Waals surface area contributed by atoms with E-state index in [0.717, 1.165) is 11.9 Å². The summed E-state index contributed by atoms with van der Waals surface area (Å²) in [5.41, 5.74) is 2.51. The summed E-state index contributed by atoms with van der Waals surface area (Å²) in [7, 11) is 3.09. The molecule has 2 aromatic carbocycles. The van der Waals surface area contributed by atoms with Gasteiger partial charge in [-0.3, -0.25) is 4.99 Å². The number of aromatic amines is 1. The van der Waals surface area contributed by atoms with Gasteiger partial charge in [0.05, 0.1) is 11.6 Å². The summed E-state index contributed by atoms with van der Waals surface area (Å²) >= 11 is 18.8. The molecule has 0 spiro atoms. The van der Waals surface area contributed by atoms with E-state index in [2.05, 4.69) is 15.3 Å². The first-order chi connectivity index (χ1) is 15.9. The number of hydrogen-bond donors (Lipinski definition) is 3. The molecule has 10 heteroatoms. The van der Waals surface area contributed by atoms with Gasteiger partial charge in [-0.1, -0.05) is 34.8 Å². The van der Waals surface area contributed by atoms with Crippen molar-refractivity contribution >= 4 is 58.6 Å². The highest BCUT2D eigenvalue weighted by molar-refractivity contribution is 6.35. The van der Waals surface area contributed by atoms with Crippen LogP contribution in [0.2, 0.25) is 15.1 Å². The Balaban J connectivity index is 2.15. The number of nitrogens with zero attached hydrogens (tertiary/aromatic N) is 2. The van der Waals surface area contributed by atoms with Crippen LogP contribution in [-0.4, -0.2) is 49.1 Å². The van der Waals surface area contributed by atoms with Gasteiger partial charge in [-0.05, 0) is 54.6 Å². The van der Waals surface area contributed by atoms with Crippen LogP contribution >= 0.6 is 34.8 Å². The Morgan fingerprint density at radius 3 is 2.48 bits per heavy atom. The molecule has 1 aromatic heterocycles. The summed E-state index contributed by atoms with van der Waals surface area (Å²) in [5, 5.41) is 12.2. The summed E-state index contributed by atoms with van der Waals surface area (Å²) in [5.74, 6) is 0.990. The zero-order valence-electron chi connectivity index (χ0n) is 17.9. The normalized spacial score (nSPS) is 12.0. The molecule has 0 bridgehead atoms. The second-order valence-corrected chi connectivity index (χ2v) is 8.00. The molecule has 0 atom stereocenters. The zero-order valence-corrected chi connectivity index (χ0v) is 20.2. The lowest BCUT2D eigenvalue weighted by Gasteiger charge is -2.14. The third-order valence-electron chi connectivity index (χ3n) is 4.52. The number of allylic oxidation sites excluding steroid dienone is 1. The number of ether oxygens (including phenoxy) is 2. The fourth-order valence-electron chi connectivity index (χ4n) is 2.92. The maximum Gasteiger partial charge on any atom is 0.176 e. The number of amidine groups is 1. The van der Waals surface area contributed by atoms with Crippen molar-refractivity contribution in [3.8, 4) is 11.3 Å². The second-order valence-electron chi connectivity index (χ2n) is 6.72. The van der Waals surface area contributed by atoms with Gasteiger partial charge in [0.15, 0.2) is 12.1 Å². The number of aromatic nitrogens is 2. The number of aliphatic imine (C=N–C) groups is 1. The quantitative estimate of drug-likeness (QED) is 0.183. The molecule has 1 heterocycles. The van der Waals surface area contributed by atoms with E-state index in [1.54, 1.807) is 56.7 Å². The number of benzene rings is 2. The van der Waals surface area contributed by atoms with Gasteiger partial charge in [-0.15, -0.1) is 0 Å². The smallest absolute Gasteiger partial charge is 0.176 e. The minimum atomic E-state index is -0.537. The molecule has 0 unspecified atom stereocenters. The molecule has 0 aliphatic carbocycles. The minimum Gasteiger partial charge on any atom is -0.354 e. The number of hydrogen-bond acceptors (Lipinski definition) is 5. The SMILES string of the molecule is COC(CN=C(Nc1ccc(Cl)cc1)c1[nH]c(/C=C\C=N)nc1-c1cc(Cl)ccc1Cl)OC. The molecule has 0 radical (unpaired) electrons. The Bertz CT molecular complexity index is 1160. The van der Waals surface area contributed by atoms with Crippen LogP contribution in [0.5, 0.6) is 0 Å². The van der Waals surface area contributed by atoms with Gasteiger partial charge >= 0.3 is 0 Å². The molecule has 33 heavy (non-hydrogen) atoms. The first-order valence-electron chi connectivity index (χ1n) is 9.80. The van der Waals surface area contributed by atoms with Gasteiger partial charge in [0.1, 0.15) is 17.2 Å². The number of imidazole rings is 1. The summed E-state index contributed by atoms with van der Waals surface area (Å²) < 4.78 is 10.6. The van der Waals surface area contributed by atoms with Crippen molar-refractivity contribution in [1.29, 1.82) is 5.41 Å². The summed E-state index contributed by atoms with van der Waals surface area (Å²) in [6, 6.07) is 12.4. The van der Waals surface area contributed by atoms with Gasteiger partial charge < -0.3 is 25.2 Å². The number of nitrogens with one attached hydrogen (secondary N) is 3. The molecular formula is C23H22Cl3N5O2. The molecule has 7 nitrogen and oxygen atoms in total. The predicted molar refractivity (Wildman–Crippen MR) is 136 cm³/mol. The van der Waals surface area contributed by atoms with Gasteiger partial charge in [0, 0.05) is 41.7 Å². The van der Waals surface area contributed by atoms with Crippen molar-refractivity contribution in [1.82, 2.24) is 9.97 Å². The van der Waals surface area contributed by atoms with E-state index in [9.17, 15) is 0 Å². The van der Waals surface area contributed by atoms with Crippen LogP contribution in [-0.2, 0) is 9.47 Å². The lowest BCUT2D eigenvalue weighted by molar-refractivity contribution is -0.0936. The van der Waals surface area contributed by atoms with E-state index in [4.69, 9.17) is 54.7 Å². The monoisotopic (exact) mass is 505 g/mol. The largest absolute Gasteiger partial charge is 0.354 e. The predicted octanol–water partition coefficient (Wildman–Crippen LogP) is 6.18. The van der Waals surface area contributed by atoms with E-state index in [1.165, 1.54) is 0 Å². The van der Waals surface area contributed by atoms with E-state index < -0.39 is 6.29 Å². The van der Waals surface area contributed by atoms with Gasteiger partial charge in [-0.25, -0.2) is 4.98 Å². The maximum absolute atomic E-state index is 7.28. The van der Waals surface area contributed by atoms with Crippen LogP contribution in [0.4, 0.5) is 5.69 Å². The van der Waals surface area contributed by atoms with Gasteiger partial charge in [0.25, 0.3) is 0 Å². The molecule has 0 saturated heterocycles. The van der Waals surface area contributed by atoms with E-state index >= 15 is 0 Å². The second kappa shape index (κ2) is 12.0. The third kappa shape index (κ3) is 6.66.